The Morgan fingerprint density at radius 3 is 2.46 bits per heavy atom. The van der Waals surface area contributed by atoms with Crippen molar-refractivity contribution in [3.05, 3.63) is 65.2 Å². The van der Waals surface area contributed by atoms with Crippen LogP contribution in [0.5, 0.6) is 5.75 Å². The lowest BCUT2D eigenvalue weighted by Crippen LogP contribution is -2.58. The third-order valence-electron chi connectivity index (χ3n) is 6.66. The molecule has 0 saturated carbocycles. The lowest BCUT2D eigenvalue weighted by atomic mass is 9.98. The number of methoxy groups -OCH3 is 1. The molecule has 8 heteroatoms. The van der Waals surface area contributed by atoms with E-state index in [1.165, 1.54) is 0 Å². The molecule has 0 spiro atoms. The van der Waals surface area contributed by atoms with Crippen molar-refractivity contribution in [2.24, 2.45) is 5.92 Å². The largest absolute Gasteiger partial charge is 0.497 e. The number of hydrogen-bond acceptors (Lipinski definition) is 5. The highest BCUT2D eigenvalue weighted by molar-refractivity contribution is 8.01. The maximum absolute atomic E-state index is 13.6. The summed E-state index contributed by atoms with van der Waals surface area (Å²) in [7, 11) is 1.62. The molecule has 7 nitrogen and oxygen atoms in total. The second kappa shape index (κ2) is 9.93. The van der Waals surface area contributed by atoms with Crippen molar-refractivity contribution in [1.82, 2.24) is 15.5 Å². The molecular weight excluding hydrogens is 462 g/mol. The second-order valence-electron chi connectivity index (χ2n) is 9.90. The number of carbonyl (C=O) groups is 3. The van der Waals surface area contributed by atoms with E-state index in [1.807, 2.05) is 76.2 Å². The number of benzene rings is 2. The van der Waals surface area contributed by atoms with Crippen molar-refractivity contribution < 1.29 is 19.1 Å². The van der Waals surface area contributed by atoms with Gasteiger partial charge >= 0.3 is 0 Å². The van der Waals surface area contributed by atoms with E-state index in [9.17, 15) is 14.4 Å². The molecule has 3 amide bonds. The Labute approximate surface area is 211 Å². The summed E-state index contributed by atoms with van der Waals surface area (Å²) >= 11 is 1.61. The first-order valence-corrected chi connectivity index (χ1v) is 12.8. The fourth-order valence-corrected chi connectivity index (χ4v) is 6.39. The van der Waals surface area contributed by atoms with Crippen molar-refractivity contribution in [2.75, 3.05) is 13.7 Å². The minimum absolute atomic E-state index is 0.112. The molecule has 35 heavy (non-hydrogen) atoms. The van der Waals surface area contributed by atoms with Gasteiger partial charge in [0.2, 0.25) is 11.8 Å². The van der Waals surface area contributed by atoms with Crippen LogP contribution in [0.25, 0.3) is 0 Å². The third-order valence-corrected chi connectivity index (χ3v) is 8.20. The highest BCUT2D eigenvalue weighted by Gasteiger charge is 2.57. The minimum atomic E-state index is -0.696. The number of amides is 3. The van der Waals surface area contributed by atoms with Crippen molar-refractivity contribution in [1.29, 1.82) is 0 Å². The van der Waals surface area contributed by atoms with Crippen LogP contribution in [-0.4, -0.2) is 53.1 Å². The average molecular weight is 496 g/mol. The van der Waals surface area contributed by atoms with E-state index in [4.69, 9.17) is 4.74 Å². The molecule has 2 aromatic rings. The number of thioether (sulfide) groups is 1. The molecule has 1 fully saturated rings. The topological polar surface area (TPSA) is 87.7 Å². The number of ether oxygens (including phenoxy) is 1. The third kappa shape index (κ3) is 4.89. The highest BCUT2D eigenvalue weighted by atomic mass is 32.2. The molecular formula is C27H33N3O4S. The molecule has 2 N–H and O–H groups in total. The van der Waals surface area contributed by atoms with Gasteiger partial charge in [0.1, 0.15) is 23.2 Å². The van der Waals surface area contributed by atoms with Gasteiger partial charge in [0, 0.05) is 16.9 Å². The molecule has 4 rings (SSSR count). The van der Waals surface area contributed by atoms with Crippen LogP contribution < -0.4 is 15.4 Å². The highest BCUT2D eigenvalue weighted by Crippen LogP contribution is 2.56. The van der Waals surface area contributed by atoms with Crippen LogP contribution in [0.1, 0.15) is 54.6 Å². The molecule has 1 saturated heterocycles. The van der Waals surface area contributed by atoms with Gasteiger partial charge in [-0.1, -0.05) is 44.2 Å². The quantitative estimate of drug-likeness (QED) is 0.585. The summed E-state index contributed by atoms with van der Waals surface area (Å²) in [6.45, 7) is 8.23. The molecule has 0 bridgehead atoms. The number of rotatable bonds is 8. The van der Waals surface area contributed by atoms with E-state index in [-0.39, 0.29) is 29.0 Å². The van der Waals surface area contributed by atoms with Gasteiger partial charge < -0.3 is 20.3 Å². The summed E-state index contributed by atoms with van der Waals surface area (Å²) in [4.78, 5) is 41.5. The van der Waals surface area contributed by atoms with Crippen LogP contribution in [0, 0.1) is 5.92 Å². The number of hydrogen-bond donors (Lipinski definition) is 2. The molecule has 2 aromatic carbocycles. The Morgan fingerprint density at radius 2 is 1.80 bits per heavy atom. The van der Waals surface area contributed by atoms with Gasteiger partial charge in [-0.05, 0) is 55.5 Å². The monoisotopic (exact) mass is 495 g/mol. The van der Waals surface area contributed by atoms with Gasteiger partial charge in [-0.3, -0.25) is 14.4 Å². The first kappa shape index (κ1) is 25.1. The number of fused-ring (bicyclic) bond motifs is 3. The summed E-state index contributed by atoms with van der Waals surface area (Å²) in [5, 5.41) is 5.73. The number of nitrogens with one attached hydrogen (secondary N) is 2. The van der Waals surface area contributed by atoms with Crippen LogP contribution in [0.2, 0.25) is 0 Å². The molecule has 2 aliphatic heterocycles. The summed E-state index contributed by atoms with van der Waals surface area (Å²) in [6, 6.07) is 13.9. The molecule has 0 radical (unpaired) electrons. The van der Waals surface area contributed by atoms with Crippen molar-refractivity contribution in [3.8, 4) is 5.75 Å². The first-order chi connectivity index (χ1) is 16.6. The number of nitrogens with zero attached hydrogens (tertiary/aromatic N) is 1. The summed E-state index contributed by atoms with van der Waals surface area (Å²) in [5.74, 6) is 0.0245. The van der Waals surface area contributed by atoms with Gasteiger partial charge in [-0.2, -0.15) is 0 Å². The van der Waals surface area contributed by atoms with E-state index in [0.29, 0.717) is 18.5 Å². The van der Waals surface area contributed by atoms with Crippen LogP contribution >= 0.6 is 11.8 Å². The standard InChI is InChI=1S/C27H33N3O4S/c1-16(2)21(23(31)28-15-14-17-10-12-18(34-5)13-11-17)29-24(32)22-27(3,4)35-26-20-9-7-6-8-19(20)25(33)30(22)26/h6-13,16,21-22,26H,14-15H2,1-5H3,(H,28,31)(H,29,32)/t21-,22+,26+/m0/s1. The lowest BCUT2D eigenvalue weighted by molar-refractivity contribution is -0.132. The van der Waals surface area contributed by atoms with Crippen LogP contribution in [0.3, 0.4) is 0 Å². The Morgan fingerprint density at radius 1 is 1.11 bits per heavy atom. The zero-order chi connectivity index (χ0) is 25.3. The van der Waals surface area contributed by atoms with E-state index in [0.717, 1.165) is 16.9 Å². The summed E-state index contributed by atoms with van der Waals surface area (Å²) in [5.41, 5.74) is 2.68. The lowest BCUT2D eigenvalue weighted by Gasteiger charge is -2.32. The Hall–Kier alpha value is -3.00. The van der Waals surface area contributed by atoms with Gasteiger partial charge in [0.05, 0.1) is 7.11 Å². The average Bonchev–Trinajstić information content (AvgIpc) is 3.26. The second-order valence-corrected chi connectivity index (χ2v) is 11.6. The molecule has 2 heterocycles. The van der Waals surface area contributed by atoms with Crippen LogP contribution in [0.15, 0.2) is 48.5 Å². The number of carbonyl (C=O) groups excluding carboxylic acids is 3. The predicted molar refractivity (Wildman–Crippen MR) is 137 cm³/mol. The van der Waals surface area contributed by atoms with Gasteiger partial charge in [-0.25, -0.2) is 0 Å². The smallest absolute Gasteiger partial charge is 0.256 e. The van der Waals surface area contributed by atoms with Crippen molar-refractivity contribution in [2.45, 2.75) is 56.3 Å². The first-order valence-electron chi connectivity index (χ1n) is 11.9. The predicted octanol–water partition coefficient (Wildman–Crippen LogP) is 3.54. The summed E-state index contributed by atoms with van der Waals surface area (Å²) in [6.07, 6.45) is 0.670. The fraction of sp³-hybridized carbons (Fsp3) is 0.444. The van der Waals surface area contributed by atoms with E-state index in [2.05, 4.69) is 10.6 Å². The molecule has 2 aliphatic rings. The van der Waals surface area contributed by atoms with Crippen molar-refractivity contribution in [3.63, 3.8) is 0 Å². The molecule has 3 atom stereocenters. The normalized spacial score (nSPS) is 20.9. The van der Waals surface area contributed by atoms with E-state index in [1.54, 1.807) is 23.8 Å². The fourth-order valence-electron chi connectivity index (χ4n) is 4.80. The van der Waals surface area contributed by atoms with Gasteiger partial charge in [0.25, 0.3) is 5.91 Å². The van der Waals surface area contributed by atoms with Crippen molar-refractivity contribution >= 4 is 29.5 Å². The van der Waals surface area contributed by atoms with Gasteiger partial charge in [0.15, 0.2) is 0 Å². The van der Waals surface area contributed by atoms with E-state index >= 15 is 0 Å². The Balaban J connectivity index is 1.42. The van der Waals surface area contributed by atoms with Gasteiger partial charge in [-0.15, -0.1) is 11.8 Å². The Bertz CT molecular complexity index is 1120. The van der Waals surface area contributed by atoms with Crippen LogP contribution in [-0.2, 0) is 16.0 Å². The minimum Gasteiger partial charge on any atom is -0.497 e. The zero-order valence-corrected chi connectivity index (χ0v) is 21.6. The maximum atomic E-state index is 13.6. The zero-order valence-electron chi connectivity index (χ0n) is 20.8. The van der Waals surface area contributed by atoms with E-state index < -0.39 is 16.8 Å². The molecule has 0 aromatic heterocycles. The Kier molecular flexibility index (Phi) is 7.12. The SMILES string of the molecule is COc1ccc(CCNC(=O)[C@@H](NC(=O)[C@H]2N3C(=O)c4ccccc4[C@H]3SC2(C)C)C(C)C)cc1. The maximum Gasteiger partial charge on any atom is 0.256 e. The molecule has 186 valence electrons. The molecule has 0 unspecified atom stereocenters. The van der Waals surface area contributed by atoms with Crippen LogP contribution in [0.4, 0.5) is 0 Å². The molecule has 0 aliphatic carbocycles. The summed E-state index contributed by atoms with van der Waals surface area (Å²) < 4.78 is 4.68.